The fraction of sp³-hybridized carbons (Fsp3) is 0.422. The molecule has 0 aliphatic carbocycles. The molecular formula is C45H60N14O8. The standard InChI is InChI=1S/C45H60N14O8/c1-2-9-38(61)54-32-15-16-37(60)50-19-17-33(42(65)57-34(39(46)62)21-27-23-52-30-13-7-6-12-29(27)30)56-40(63)31(14-8-18-51-45(47)48)55-43(66)35(20-26-10-4-3-5-11-26)58-44(67)36(59-41(32)64)22-28-24-49-25-53-28/h3-7,10-13,23-25,31-36,52H,2,8-9,14-22H2,1H3,(H2,46,62)(H,49,53)(H,50,60)(H,54,61)(H,55,66)(H,56,63)(H,57,65)(H,58,67)(H,59,64)(H4,47,48,51)/t31-,32-,33-,34-,35+,36?/m0/s1. The van der Waals surface area contributed by atoms with E-state index >= 15 is 0 Å². The number of benzene rings is 2. The van der Waals surface area contributed by atoms with E-state index in [2.05, 4.69) is 57.2 Å². The summed E-state index contributed by atoms with van der Waals surface area (Å²) >= 11 is 0. The maximum Gasteiger partial charge on any atom is 0.243 e. The van der Waals surface area contributed by atoms with Crippen LogP contribution in [0.15, 0.2) is 78.3 Å². The summed E-state index contributed by atoms with van der Waals surface area (Å²) in [7, 11) is 0. The maximum absolute atomic E-state index is 14.4. The van der Waals surface area contributed by atoms with Gasteiger partial charge >= 0.3 is 0 Å². The van der Waals surface area contributed by atoms with E-state index in [0.717, 1.165) is 10.9 Å². The topological polar surface area (TPSA) is 356 Å². The molecule has 1 unspecified atom stereocenters. The minimum absolute atomic E-state index is 0.00672. The highest BCUT2D eigenvalue weighted by molar-refractivity contribution is 5.97. The second-order valence-corrected chi connectivity index (χ2v) is 16.2. The average Bonchev–Trinajstić information content (AvgIpc) is 3.97. The smallest absolute Gasteiger partial charge is 0.243 e. The van der Waals surface area contributed by atoms with Crippen LogP contribution in [0.2, 0.25) is 0 Å². The lowest BCUT2D eigenvalue weighted by atomic mass is 10.0. The Labute approximate surface area is 386 Å². The molecule has 67 heavy (non-hydrogen) atoms. The lowest BCUT2D eigenvalue weighted by Gasteiger charge is -2.27. The molecule has 0 spiro atoms. The summed E-state index contributed by atoms with van der Waals surface area (Å²) in [6, 6.07) is 8.28. The number of carbonyl (C=O) groups is 8. The van der Waals surface area contributed by atoms with Crippen molar-refractivity contribution in [1.82, 2.24) is 52.2 Å². The zero-order valence-electron chi connectivity index (χ0n) is 37.3. The van der Waals surface area contributed by atoms with Crippen molar-refractivity contribution in [3.05, 3.63) is 90.1 Å². The minimum Gasteiger partial charge on any atom is -0.370 e. The Kier molecular flexibility index (Phi) is 18.8. The zero-order valence-corrected chi connectivity index (χ0v) is 37.3. The van der Waals surface area contributed by atoms with E-state index < -0.39 is 83.5 Å². The van der Waals surface area contributed by atoms with Gasteiger partial charge < -0.3 is 64.4 Å². The van der Waals surface area contributed by atoms with E-state index in [1.807, 2.05) is 24.3 Å². The summed E-state index contributed by atoms with van der Waals surface area (Å²) in [5, 5.41) is 19.7. The van der Waals surface area contributed by atoms with E-state index in [0.29, 0.717) is 23.2 Å². The van der Waals surface area contributed by atoms with E-state index in [1.54, 1.807) is 43.5 Å². The van der Waals surface area contributed by atoms with Crippen molar-refractivity contribution in [3.63, 3.8) is 0 Å². The lowest BCUT2D eigenvalue weighted by Crippen LogP contribution is -2.60. The number of rotatable bonds is 16. The second-order valence-electron chi connectivity index (χ2n) is 16.2. The van der Waals surface area contributed by atoms with Gasteiger partial charge in [-0.1, -0.05) is 55.5 Å². The zero-order chi connectivity index (χ0) is 48.3. The van der Waals surface area contributed by atoms with Crippen molar-refractivity contribution in [1.29, 1.82) is 0 Å². The largest absolute Gasteiger partial charge is 0.370 e. The molecule has 1 aliphatic heterocycles. The van der Waals surface area contributed by atoms with Crippen LogP contribution in [0.4, 0.5) is 0 Å². The van der Waals surface area contributed by atoms with E-state index in [-0.39, 0.29) is 76.8 Å². The molecule has 0 radical (unpaired) electrons. The number of aromatic amines is 2. The van der Waals surface area contributed by atoms with Gasteiger partial charge in [-0.25, -0.2) is 4.98 Å². The number of aliphatic imine (C=N–C) groups is 1. The van der Waals surface area contributed by atoms with Crippen LogP contribution in [0.25, 0.3) is 10.9 Å². The van der Waals surface area contributed by atoms with Crippen LogP contribution >= 0.6 is 0 Å². The summed E-state index contributed by atoms with van der Waals surface area (Å²) in [5.41, 5.74) is 19.5. The molecule has 2 aromatic carbocycles. The maximum atomic E-state index is 14.4. The molecule has 5 rings (SSSR count). The van der Waals surface area contributed by atoms with Gasteiger partial charge in [0.05, 0.1) is 6.33 Å². The van der Waals surface area contributed by atoms with Crippen molar-refractivity contribution in [2.45, 2.75) is 107 Å². The number of imidazole rings is 1. The third kappa shape index (κ3) is 15.7. The molecule has 22 nitrogen and oxygen atoms in total. The van der Waals surface area contributed by atoms with Crippen LogP contribution in [0, 0.1) is 0 Å². The highest BCUT2D eigenvalue weighted by Gasteiger charge is 2.34. The molecule has 0 bridgehead atoms. The minimum atomic E-state index is -1.40. The lowest BCUT2D eigenvalue weighted by molar-refractivity contribution is -0.135. The second kappa shape index (κ2) is 25.1. The summed E-state index contributed by atoms with van der Waals surface area (Å²) in [4.78, 5) is 124. The Morgan fingerprint density at radius 1 is 0.821 bits per heavy atom. The molecule has 0 saturated carbocycles. The van der Waals surface area contributed by atoms with Crippen LogP contribution in [0.3, 0.4) is 0 Å². The fourth-order valence-corrected chi connectivity index (χ4v) is 7.51. The molecule has 1 aliphatic rings. The predicted octanol–water partition coefficient (Wildman–Crippen LogP) is -1.53. The summed E-state index contributed by atoms with van der Waals surface area (Å²) in [6.07, 6.45) is 4.47. The van der Waals surface area contributed by atoms with Gasteiger partial charge in [0, 0.05) is 74.2 Å². The number of para-hydroxylation sites is 1. The third-order valence-corrected chi connectivity index (χ3v) is 11.0. The molecule has 22 heteroatoms. The van der Waals surface area contributed by atoms with Crippen molar-refractivity contribution in [3.8, 4) is 0 Å². The Balaban J connectivity index is 1.49. The van der Waals surface area contributed by atoms with Gasteiger partial charge in [0.25, 0.3) is 0 Å². The monoisotopic (exact) mass is 924 g/mol. The van der Waals surface area contributed by atoms with Crippen LogP contribution < -0.4 is 54.4 Å². The third-order valence-electron chi connectivity index (χ3n) is 11.0. The van der Waals surface area contributed by atoms with E-state index in [1.165, 1.54) is 12.5 Å². The van der Waals surface area contributed by atoms with Crippen molar-refractivity contribution >= 4 is 64.1 Å². The van der Waals surface area contributed by atoms with Gasteiger partial charge in [-0.05, 0) is 49.3 Å². The Morgan fingerprint density at radius 2 is 1.51 bits per heavy atom. The number of carbonyl (C=O) groups excluding carboxylic acids is 8. The number of H-pyrrole nitrogens is 2. The highest BCUT2D eigenvalue weighted by atomic mass is 16.2. The first kappa shape index (κ1) is 50.2. The molecular weight excluding hydrogens is 865 g/mol. The number of fused-ring (bicyclic) bond motifs is 1. The molecule has 3 heterocycles. The summed E-state index contributed by atoms with van der Waals surface area (Å²) in [5.74, 6) is -5.99. The van der Waals surface area contributed by atoms with Crippen molar-refractivity contribution in [2.24, 2.45) is 22.2 Å². The number of guanidine groups is 1. The number of amides is 8. The van der Waals surface area contributed by atoms with Crippen LogP contribution in [-0.4, -0.2) is 118 Å². The number of hydrogen-bond acceptors (Lipinski definition) is 10. The van der Waals surface area contributed by atoms with Gasteiger partial charge in [-0.2, -0.15) is 0 Å². The number of nitrogens with zero attached hydrogens (tertiary/aromatic N) is 2. The fourth-order valence-electron chi connectivity index (χ4n) is 7.51. The Hall–Kier alpha value is -7.78. The first-order valence-electron chi connectivity index (χ1n) is 22.2. The molecule has 358 valence electrons. The number of aromatic nitrogens is 3. The van der Waals surface area contributed by atoms with E-state index in [4.69, 9.17) is 17.2 Å². The molecule has 4 aromatic rings. The van der Waals surface area contributed by atoms with Gasteiger partial charge in [-0.15, -0.1) is 0 Å². The van der Waals surface area contributed by atoms with Gasteiger partial charge in [0.15, 0.2) is 5.96 Å². The number of nitrogens with one attached hydrogen (secondary N) is 9. The SMILES string of the molecule is CCCC(=O)N[C@H]1CCC(=O)NCC[C@@H](C(=O)N[C@@H](Cc2c[nH]c3ccccc23)C(N)=O)NC(=O)[C@H](CCCN=C(N)N)NC(=O)[C@@H](Cc2ccccc2)NC(=O)C(Cc2cnc[nH]2)NC1=O. The van der Waals surface area contributed by atoms with Crippen molar-refractivity contribution in [2.75, 3.05) is 13.1 Å². The predicted molar refractivity (Wildman–Crippen MR) is 247 cm³/mol. The van der Waals surface area contributed by atoms with Crippen LogP contribution in [0.1, 0.15) is 68.7 Å². The van der Waals surface area contributed by atoms with Gasteiger partial charge in [0.2, 0.25) is 47.3 Å². The quantitative estimate of drug-likeness (QED) is 0.0347. The molecule has 2 aromatic heterocycles. The van der Waals surface area contributed by atoms with Gasteiger partial charge in [0.1, 0.15) is 36.3 Å². The van der Waals surface area contributed by atoms with Gasteiger partial charge in [-0.3, -0.25) is 43.3 Å². The number of nitrogens with two attached hydrogens (primary N) is 3. The van der Waals surface area contributed by atoms with Crippen molar-refractivity contribution < 1.29 is 38.4 Å². The van der Waals surface area contributed by atoms with Crippen LogP contribution in [-0.2, 0) is 57.6 Å². The number of primary amides is 1. The molecule has 1 fully saturated rings. The number of hydrogen-bond donors (Lipinski definition) is 12. The Morgan fingerprint density at radius 3 is 2.21 bits per heavy atom. The molecule has 6 atom stereocenters. The van der Waals surface area contributed by atoms with E-state index in [9.17, 15) is 38.4 Å². The normalized spacial score (nSPS) is 20.6. The molecule has 15 N–H and O–H groups in total. The highest BCUT2D eigenvalue weighted by Crippen LogP contribution is 2.19. The summed E-state index contributed by atoms with van der Waals surface area (Å²) in [6.45, 7) is 1.69. The summed E-state index contributed by atoms with van der Waals surface area (Å²) < 4.78 is 0. The van der Waals surface area contributed by atoms with Crippen LogP contribution in [0.5, 0.6) is 0 Å². The first-order chi connectivity index (χ1) is 32.2. The Bertz CT molecular complexity index is 2370. The molecule has 8 amide bonds. The average molecular weight is 925 g/mol. The first-order valence-corrected chi connectivity index (χ1v) is 22.2. The molecule has 1 saturated heterocycles.